The van der Waals surface area contributed by atoms with Gasteiger partial charge in [0.05, 0.1) is 12.7 Å². The molecule has 0 spiro atoms. The van der Waals surface area contributed by atoms with Gasteiger partial charge >= 0.3 is 5.97 Å². The standard InChI is InChI=1S/C18H20O3.CH4/c1-12-8-9-17(14(3)10-12)21-11-16-13(2)6-5-7-15(16)18(19)20-4;/h5-10H,11H2,1-4H3;1H4. The van der Waals surface area contributed by atoms with E-state index in [0.717, 1.165) is 22.4 Å². The quantitative estimate of drug-likeness (QED) is 0.773. The Bertz CT molecular complexity index is 660. The molecule has 0 aliphatic rings. The van der Waals surface area contributed by atoms with Crippen molar-refractivity contribution < 1.29 is 14.3 Å². The fourth-order valence-electron chi connectivity index (χ4n) is 2.31. The molecular weight excluding hydrogens is 276 g/mol. The van der Waals surface area contributed by atoms with E-state index >= 15 is 0 Å². The van der Waals surface area contributed by atoms with Gasteiger partial charge in [0, 0.05) is 5.56 Å². The average molecular weight is 300 g/mol. The van der Waals surface area contributed by atoms with Crippen LogP contribution in [-0.4, -0.2) is 13.1 Å². The summed E-state index contributed by atoms with van der Waals surface area (Å²) in [7, 11) is 1.39. The molecule has 0 aliphatic carbocycles. The number of methoxy groups -OCH3 is 1. The molecule has 0 N–H and O–H groups in total. The van der Waals surface area contributed by atoms with Crippen molar-refractivity contribution in [2.75, 3.05) is 7.11 Å². The molecule has 0 amide bonds. The number of hydrogen-bond acceptors (Lipinski definition) is 3. The number of ether oxygens (including phenoxy) is 2. The molecule has 0 aliphatic heterocycles. The van der Waals surface area contributed by atoms with Crippen LogP contribution < -0.4 is 4.74 Å². The van der Waals surface area contributed by atoms with Crippen molar-refractivity contribution in [3.05, 3.63) is 64.2 Å². The molecule has 118 valence electrons. The molecule has 2 aromatic carbocycles. The van der Waals surface area contributed by atoms with Crippen molar-refractivity contribution in [1.29, 1.82) is 0 Å². The van der Waals surface area contributed by atoms with Gasteiger partial charge in [-0.2, -0.15) is 0 Å². The Hall–Kier alpha value is -2.29. The van der Waals surface area contributed by atoms with E-state index in [9.17, 15) is 4.79 Å². The fourth-order valence-corrected chi connectivity index (χ4v) is 2.31. The first-order valence-corrected chi connectivity index (χ1v) is 6.89. The van der Waals surface area contributed by atoms with Crippen LogP contribution in [0.1, 0.15) is 40.0 Å². The van der Waals surface area contributed by atoms with Crippen molar-refractivity contribution in [2.24, 2.45) is 0 Å². The van der Waals surface area contributed by atoms with Crippen molar-refractivity contribution in [2.45, 2.75) is 34.8 Å². The zero-order chi connectivity index (χ0) is 15.4. The number of benzene rings is 2. The average Bonchev–Trinajstić information content (AvgIpc) is 2.46. The number of esters is 1. The second kappa shape index (κ2) is 7.64. The van der Waals surface area contributed by atoms with E-state index < -0.39 is 0 Å². The summed E-state index contributed by atoms with van der Waals surface area (Å²) in [4.78, 5) is 11.8. The first kappa shape index (κ1) is 17.8. The summed E-state index contributed by atoms with van der Waals surface area (Å²) in [5.74, 6) is 0.498. The SMILES string of the molecule is C.COC(=O)c1cccc(C)c1COc1ccc(C)cc1C. The van der Waals surface area contributed by atoms with Gasteiger partial charge in [-0.15, -0.1) is 0 Å². The Morgan fingerprint density at radius 3 is 2.41 bits per heavy atom. The third-order valence-corrected chi connectivity index (χ3v) is 3.52. The molecule has 0 aromatic heterocycles. The normalized spacial score (nSPS) is 9.82. The van der Waals surface area contributed by atoms with E-state index in [1.165, 1.54) is 12.7 Å². The topological polar surface area (TPSA) is 35.5 Å². The zero-order valence-corrected chi connectivity index (χ0v) is 12.9. The number of carbonyl (C=O) groups excluding carboxylic acids is 1. The molecule has 2 rings (SSSR count). The summed E-state index contributed by atoms with van der Waals surface area (Å²) in [6.07, 6.45) is 0. The molecule has 3 nitrogen and oxygen atoms in total. The molecule has 0 radical (unpaired) electrons. The first-order valence-electron chi connectivity index (χ1n) is 6.89. The monoisotopic (exact) mass is 300 g/mol. The molecule has 0 atom stereocenters. The summed E-state index contributed by atoms with van der Waals surface area (Å²) in [6, 6.07) is 11.6. The molecule has 0 unspecified atom stereocenters. The van der Waals surface area contributed by atoms with E-state index in [2.05, 4.69) is 6.07 Å². The lowest BCUT2D eigenvalue weighted by atomic mass is 10.0. The predicted molar refractivity (Wildman–Crippen MR) is 89.5 cm³/mol. The fraction of sp³-hybridized carbons (Fsp3) is 0.316. The van der Waals surface area contributed by atoms with Crippen LogP contribution in [-0.2, 0) is 11.3 Å². The molecule has 2 aromatic rings. The van der Waals surface area contributed by atoms with E-state index in [-0.39, 0.29) is 13.4 Å². The van der Waals surface area contributed by atoms with Gasteiger partial charge in [-0.25, -0.2) is 4.79 Å². The second-order valence-electron chi connectivity index (χ2n) is 5.15. The Morgan fingerprint density at radius 1 is 1.05 bits per heavy atom. The van der Waals surface area contributed by atoms with E-state index in [1.54, 1.807) is 6.07 Å². The summed E-state index contributed by atoms with van der Waals surface area (Å²) in [5, 5.41) is 0. The van der Waals surface area contributed by atoms with Crippen molar-refractivity contribution in [1.82, 2.24) is 0 Å². The van der Waals surface area contributed by atoms with Crippen LogP contribution in [0.5, 0.6) is 5.75 Å². The van der Waals surface area contributed by atoms with Crippen LogP contribution in [0.25, 0.3) is 0 Å². The highest BCUT2D eigenvalue weighted by Crippen LogP contribution is 2.22. The number of hydrogen-bond donors (Lipinski definition) is 0. The van der Waals surface area contributed by atoms with Crippen LogP contribution in [0.2, 0.25) is 0 Å². The maximum absolute atomic E-state index is 11.8. The highest BCUT2D eigenvalue weighted by molar-refractivity contribution is 5.91. The Labute approximate surface area is 132 Å². The molecule has 22 heavy (non-hydrogen) atoms. The molecule has 0 saturated heterocycles. The van der Waals surface area contributed by atoms with Gasteiger partial charge in [0.2, 0.25) is 0 Å². The van der Waals surface area contributed by atoms with Gasteiger partial charge < -0.3 is 9.47 Å². The first-order chi connectivity index (χ1) is 10.0. The molecule has 0 bridgehead atoms. The van der Waals surface area contributed by atoms with Gasteiger partial charge in [0.1, 0.15) is 12.4 Å². The highest BCUT2D eigenvalue weighted by atomic mass is 16.5. The summed E-state index contributed by atoms with van der Waals surface area (Å²) >= 11 is 0. The van der Waals surface area contributed by atoms with Gasteiger partial charge in [-0.1, -0.05) is 37.3 Å². The van der Waals surface area contributed by atoms with Crippen LogP contribution in [0.3, 0.4) is 0 Å². The maximum Gasteiger partial charge on any atom is 0.338 e. The molecule has 0 fully saturated rings. The van der Waals surface area contributed by atoms with Gasteiger partial charge in [-0.05, 0) is 44.0 Å². The Balaban J connectivity index is 0.00000242. The van der Waals surface area contributed by atoms with Crippen LogP contribution in [0.15, 0.2) is 36.4 Å². The van der Waals surface area contributed by atoms with Crippen molar-refractivity contribution >= 4 is 5.97 Å². The molecule has 0 heterocycles. The number of aryl methyl sites for hydroxylation is 3. The third-order valence-electron chi connectivity index (χ3n) is 3.52. The lowest BCUT2D eigenvalue weighted by Gasteiger charge is -2.14. The van der Waals surface area contributed by atoms with Gasteiger partial charge in [-0.3, -0.25) is 0 Å². The molecular formula is C19H24O3. The minimum Gasteiger partial charge on any atom is -0.489 e. The highest BCUT2D eigenvalue weighted by Gasteiger charge is 2.14. The van der Waals surface area contributed by atoms with E-state index in [1.807, 2.05) is 45.0 Å². The summed E-state index contributed by atoms with van der Waals surface area (Å²) in [5.41, 5.74) is 4.73. The Morgan fingerprint density at radius 2 is 1.77 bits per heavy atom. The van der Waals surface area contributed by atoms with Gasteiger partial charge in [0.25, 0.3) is 0 Å². The van der Waals surface area contributed by atoms with Crippen molar-refractivity contribution in [3.8, 4) is 5.75 Å². The van der Waals surface area contributed by atoms with Crippen LogP contribution in [0, 0.1) is 20.8 Å². The number of rotatable bonds is 4. The van der Waals surface area contributed by atoms with E-state index in [0.29, 0.717) is 12.2 Å². The Kier molecular flexibility index (Phi) is 6.17. The van der Waals surface area contributed by atoms with Crippen LogP contribution >= 0.6 is 0 Å². The van der Waals surface area contributed by atoms with Crippen molar-refractivity contribution in [3.63, 3.8) is 0 Å². The summed E-state index contributed by atoms with van der Waals surface area (Å²) in [6.45, 7) is 6.38. The molecule has 3 heteroatoms. The minimum atomic E-state index is -0.335. The molecule has 0 saturated carbocycles. The number of carbonyl (C=O) groups is 1. The largest absolute Gasteiger partial charge is 0.489 e. The smallest absolute Gasteiger partial charge is 0.338 e. The van der Waals surface area contributed by atoms with Gasteiger partial charge in [0.15, 0.2) is 0 Å². The van der Waals surface area contributed by atoms with E-state index in [4.69, 9.17) is 9.47 Å². The second-order valence-corrected chi connectivity index (χ2v) is 5.15. The maximum atomic E-state index is 11.8. The lowest BCUT2D eigenvalue weighted by Crippen LogP contribution is -2.10. The zero-order valence-electron chi connectivity index (χ0n) is 12.9. The lowest BCUT2D eigenvalue weighted by molar-refractivity contribution is 0.0597. The summed E-state index contributed by atoms with van der Waals surface area (Å²) < 4.78 is 10.7. The minimum absolute atomic E-state index is 0. The third kappa shape index (κ3) is 3.88. The van der Waals surface area contributed by atoms with Crippen LogP contribution in [0.4, 0.5) is 0 Å². The predicted octanol–water partition coefficient (Wildman–Crippen LogP) is 4.61.